The van der Waals surface area contributed by atoms with Gasteiger partial charge in [-0.2, -0.15) is 0 Å². The van der Waals surface area contributed by atoms with Crippen LogP contribution < -0.4 is 10.6 Å². The van der Waals surface area contributed by atoms with E-state index in [1.807, 2.05) is 13.8 Å². The van der Waals surface area contributed by atoms with Gasteiger partial charge in [0.05, 0.1) is 10.7 Å². The van der Waals surface area contributed by atoms with Gasteiger partial charge in [0.25, 0.3) is 0 Å². The Bertz CT molecular complexity index is 378. The van der Waals surface area contributed by atoms with Gasteiger partial charge in [0.15, 0.2) is 5.96 Å². The maximum Gasteiger partial charge on any atom is 0.190 e. The molecular weight excluding hydrogens is 260 g/mol. The van der Waals surface area contributed by atoms with E-state index in [2.05, 4.69) is 26.0 Å². The van der Waals surface area contributed by atoms with E-state index in [9.17, 15) is 0 Å². The van der Waals surface area contributed by atoms with Gasteiger partial charge < -0.3 is 15.4 Å². The lowest BCUT2D eigenvalue weighted by Crippen LogP contribution is -2.39. The number of hydrogen-bond donors (Lipinski definition) is 2. The van der Waals surface area contributed by atoms with E-state index >= 15 is 0 Å². The SMILES string of the molecule is CCOCCCNC(=NC)NCCc1csc(C)n1. The number of aromatic nitrogens is 1. The van der Waals surface area contributed by atoms with Crippen LogP contribution in [-0.4, -0.2) is 44.3 Å². The Hall–Kier alpha value is -1.14. The molecule has 2 N–H and O–H groups in total. The molecule has 0 bridgehead atoms. The topological polar surface area (TPSA) is 58.5 Å². The molecule has 1 aromatic heterocycles. The molecule has 1 aromatic rings. The minimum Gasteiger partial charge on any atom is -0.382 e. The molecule has 0 aliphatic heterocycles. The largest absolute Gasteiger partial charge is 0.382 e. The molecule has 0 fully saturated rings. The molecule has 0 spiro atoms. The van der Waals surface area contributed by atoms with Crippen molar-refractivity contribution in [3.63, 3.8) is 0 Å². The highest BCUT2D eigenvalue weighted by Gasteiger charge is 2.00. The van der Waals surface area contributed by atoms with Crippen LogP contribution in [0.5, 0.6) is 0 Å². The van der Waals surface area contributed by atoms with Crippen LogP contribution in [0, 0.1) is 6.92 Å². The van der Waals surface area contributed by atoms with Crippen molar-refractivity contribution in [2.45, 2.75) is 26.7 Å². The molecule has 0 atom stereocenters. The molecule has 0 unspecified atom stereocenters. The van der Waals surface area contributed by atoms with Gasteiger partial charge in [-0.15, -0.1) is 11.3 Å². The molecule has 0 aliphatic carbocycles. The molecule has 0 saturated carbocycles. The number of aliphatic imine (C=N–C) groups is 1. The second-order valence-electron chi connectivity index (χ2n) is 4.08. The first-order valence-corrected chi connectivity index (χ1v) is 7.57. The van der Waals surface area contributed by atoms with Crippen molar-refractivity contribution >= 4 is 17.3 Å². The number of nitrogens with zero attached hydrogens (tertiary/aromatic N) is 2. The number of rotatable bonds is 8. The Morgan fingerprint density at radius 3 is 2.84 bits per heavy atom. The first-order valence-electron chi connectivity index (χ1n) is 6.69. The summed E-state index contributed by atoms with van der Waals surface area (Å²) in [6.07, 6.45) is 1.91. The van der Waals surface area contributed by atoms with Crippen LogP contribution in [0.25, 0.3) is 0 Å². The van der Waals surface area contributed by atoms with Crippen LogP contribution in [-0.2, 0) is 11.2 Å². The first kappa shape index (κ1) is 15.9. The van der Waals surface area contributed by atoms with Crippen molar-refractivity contribution in [2.75, 3.05) is 33.4 Å². The summed E-state index contributed by atoms with van der Waals surface area (Å²) in [5.74, 6) is 0.837. The van der Waals surface area contributed by atoms with E-state index < -0.39 is 0 Å². The van der Waals surface area contributed by atoms with E-state index in [-0.39, 0.29) is 0 Å². The standard InChI is InChI=1S/C13H24N4OS/c1-4-18-9-5-7-15-13(14-3)16-8-6-12-10-19-11(2)17-12/h10H,4-9H2,1-3H3,(H2,14,15,16). The quantitative estimate of drug-likeness (QED) is 0.432. The third-order valence-electron chi connectivity index (χ3n) is 2.53. The molecule has 19 heavy (non-hydrogen) atoms. The zero-order valence-corrected chi connectivity index (χ0v) is 12.8. The fourth-order valence-corrected chi connectivity index (χ4v) is 2.23. The minimum atomic E-state index is 0.778. The highest BCUT2D eigenvalue weighted by molar-refractivity contribution is 7.09. The maximum atomic E-state index is 5.28. The molecule has 1 heterocycles. The molecular formula is C13H24N4OS. The smallest absolute Gasteiger partial charge is 0.190 e. The van der Waals surface area contributed by atoms with Gasteiger partial charge in [0, 0.05) is 45.2 Å². The number of thiazole rings is 1. The predicted octanol–water partition coefficient (Wildman–Crippen LogP) is 1.59. The van der Waals surface area contributed by atoms with Crippen molar-refractivity contribution in [2.24, 2.45) is 4.99 Å². The van der Waals surface area contributed by atoms with E-state index in [0.717, 1.165) is 55.8 Å². The molecule has 6 heteroatoms. The summed E-state index contributed by atoms with van der Waals surface area (Å²) in [5, 5.41) is 9.77. The van der Waals surface area contributed by atoms with Gasteiger partial charge in [-0.05, 0) is 20.3 Å². The van der Waals surface area contributed by atoms with Crippen molar-refractivity contribution in [1.29, 1.82) is 0 Å². The Balaban J connectivity index is 2.11. The molecule has 0 saturated heterocycles. The van der Waals surface area contributed by atoms with E-state index in [4.69, 9.17) is 4.74 Å². The lowest BCUT2D eigenvalue weighted by atomic mass is 10.3. The van der Waals surface area contributed by atoms with E-state index in [1.54, 1.807) is 18.4 Å². The van der Waals surface area contributed by atoms with E-state index in [1.165, 1.54) is 0 Å². The Kier molecular flexibility index (Phi) is 8.16. The van der Waals surface area contributed by atoms with Crippen LogP contribution in [0.15, 0.2) is 10.4 Å². The van der Waals surface area contributed by atoms with Crippen molar-refractivity contribution in [3.8, 4) is 0 Å². The Morgan fingerprint density at radius 2 is 2.21 bits per heavy atom. The average molecular weight is 284 g/mol. The Labute approximate surface area is 119 Å². The van der Waals surface area contributed by atoms with Crippen molar-refractivity contribution in [1.82, 2.24) is 15.6 Å². The van der Waals surface area contributed by atoms with Gasteiger partial charge in [-0.25, -0.2) is 4.98 Å². The average Bonchev–Trinajstić information content (AvgIpc) is 2.82. The van der Waals surface area contributed by atoms with Crippen LogP contribution >= 0.6 is 11.3 Å². The van der Waals surface area contributed by atoms with Gasteiger partial charge in [0.1, 0.15) is 0 Å². The van der Waals surface area contributed by atoms with Gasteiger partial charge in [-0.3, -0.25) is 4.99 Å². The van der Waals surface area contributed by atoms with Crippen LogP contribution in [0.2, 0.25) is 0 Å². The Morgan fingerprint density at radius 1 is 1.42 bits per heavy atom. The highest BCUT2D eigenvalue weighted by Crippen LogP contribution is 2.07. The number of guanidine groups is 1. The molecule has 5 nitrogen and oxygen atoms in total. The summed E-state index contributed by atoms with van der Waals surface area (Å²) in [4.78, 5) is 8.61. The molecule has 108 valence electrons. The summed E-state index contributed by atoms with van der Waals surface area (Å²) >= 11 is 1.69. The van der Waals surface area contributed by atoms with Crippen molar-refractivity contribution < 1.29 is 4.74 Å². The van der Waals surface area contributed by atoms with E-state index in [0.29, 0.717) is 0 Å². The second-order valence-corrected chi connectivity index (χ2v) is 5.15. The van der Waals surface area contributed by atoms with Gasteiger partial charge in [0.2, 0.25) is 0 Å². The second kappa shape index (κ2) is 9.75. The molecule has 1 rings (SSSR count). The van der Waals surface area contributed by atoms with Gasteiger partial charge in [-0.1, -0.05) is 0 Å². The fraction of sp³-hybridized carbons (Fsp3) is 0.692. The third-order valence-corrected chi connectivity index (χ3v) is 3.35. The summed E-state index contributed by atoms with van der Waals surface area (Å²) in [7, 11) is 1.78. The number of hydrogen-bond acceptors (Lipinski definition) is 4. The number of aryl methyl sites for hydroxylation is 1. The monoisotopic (exact) mass is 284 g/mol. The zero-order valence-electron chi connectivity index (χ0n) is 12.0. The van der Waals surface area contributed by atoms with Crippen LogP contribution in [0.1, 0.15) is 24.0 Å². The third kappa shape index (κ3) is 7.12. The number of nitrogens with one attached hydrogen (secondary N) is 2. The summed E-state index contributed by atoms with van der Waals surface area (Å²) in [5.41, 5.74) is 1.14. The summed E-state index contributed by atoms with van der Waals surface area (Å²) in [6.45, 7) is 7.32. The van der Waals surface area contributed by atoms with Crippen molar-refractivity contribution in [3.05, 3.63) is 16.1 Å². The summed E-state index contributed by atoms with van der Waals surface area (Å²) < 4.78 is 5.28. The molecule has 0 aromatic carbocycles. The number of ether oxygens (including phenoxy) is 1. The van der Waals surface area contributed by atoms with Gasteiger partial charge >= 0.3 is 0 Å². The lowest BCUT2D eigenvalue weighted by Gasteiger charge is -2.11. The molecule has 0 radical (unpaired) electrons. The predicted molar refractivity (Wildman–Crippen MR) is 81.0 cm³/mol. The maximum absolute atomic E-state index is 5.28. The summed E-state index contributed by atoms with van der Waals surface area (Å²) in [6, 6.07) is 0. The van der Waals surface area contributed by atoms with Crippen LogP contribution in [0.3, 0.4) is 0 Å². The molecule has 0 aliphatic rings. The minimum absolute atomic E-state index is 0.778. The van der Waals surface area contributed by atoms with Crippen LogP contribution in [0.4, 0.5) is 0 Å². The molecule has 0 amide bonds. The lowest BCUT2D eigenvalue weighted by molar-refractivity contribution is 0.145. The fourth-order valence-electron chi connectivity index (χ4n) is 1.58. The zero-order chi connectivity index (χ0) is 13.9. The first-order chi connectivity index (χ1) is 9.26. The highest BCUT2D eigenvalue weighted by atomic mass is 32.1. The normalized spacial score (nSPS) is 11.6.